The van der Waals surface area contributed by atoms with E-state index in [2.05, 4.69) is 4.90 Å². The summed E-state index contributed by atoms with van der Waals surface area (Å²) in [7, 11) is 2.04. The normalized spacial score (nSPS) is 24.2. The van der Waals surface area contributed by atoms with E-state index in [1.54, 1.807) is 12.1 Å². The monoisotopic (exact) mass is 378 g/mol. The van der Waals surface area contributed by atoms with Crippen LogP contribution in [0, 0.1) is 5.82 Å². The maximum Gasteiger partial charge on any atom is 0.236 e. The van der Waals surface area contributed by atoms with Crippen molar-refractivity contribution in [1.29, 1.82) is 0 Å². The Kier molecular flexibility index (Phi) is 6.71. The number of amides is 1. The van der Waals surface area contributed by atoms with Crippen molar-refractivity contribution >= 4 is 5.91 Å². The zero-order valence-electron chi connectivity index (χ0n) is 16.2. The summed E-state index contributed by atoms with van der Waals surface area (Å²) in [6.07, 6.45) is 6.72. The van der Waals surface area contributed by atoms with Gasteiger partial charge in [0.25, 0.3) is 0 Å². The summed E-state index contributed by atoms with van der Waals surface area (Å²) in [5.74, 6) is 0.376. The Morgan fingerprint density at radius 1 is 1.22 bits per heavy atom. The SMILES string of the molecule is CN(CC(=O)N1CCCC(O)(COc2ccc(F)cc2)CC1)C1CCCC1. The van der Waals surface area contributed by atoms with Gasteiger partial charge in [-0.15, -0.1) is 0 Å². The highest BCUT2D eigenvalue weighted by molar-refractivity contribution is 5.78. The van der Waals surface area contributed by atoms with Crippen LogP contribution in [0.2, 0.25) is 0 Å². The molecule has 2 aliphatic rings. The van der Waals surface area contributed by atoms with E-state index in [-0.39, 0.29) is 18.3 Å². The highest BCUT2D eigenvalue weighted by atomic mass is 19.1. The Morgan fingerprint density at radius 3 is 2.63 bits per heavy atom. The Morgan fingerprint density at radius 2 is 1.93 bits per heavy atom. The molecule has 0 spiro atoms. The van der Waals surface area contributed by atoms with E-state index in [9.17, 15) is 14.3 Å². The smallest absolute Gasteiger partial charge is 0.236 e. The van der Waals surface area contributed by atoms with Crippen molar-refractivity contribution in [1.82, 2.24) is 9.80 Å². The predicted octanol–water partition coefficient (Wildman–Crippen LogP) is 2.82. The van der Waals surface area contributed by atoms with Gasteiger partial charge < -0.3 is 14.7 Å². The van der Waals surface area contributed by atoms with Crippen LogP contribution in [0.3, 0.4) is 0 Å². The summed E-state index contributed by atoms with van der Waals surface area (Å²) in [5, 5.41) is 10.9. The fourth-order valence-corrected chi connectivity index (χ4v) is 4.11. The van der Waals surface area contributed by atoms with E-state index in [1.807, 2.05) is 11.9 Å². The largest absolute Gasteiger partial charge is 0.491 e. The van der Waals surface area contributed by atoms with Gasteiger partial charge in [0.15, 0.2) is 0 Å². The second-order valence-electron chi connectivity index (χ2n) is 8.05. The van der Waals surface area contributed by atoms with E-state index in [0.717, 1.165) is 6.42 Å². The lowest BCUT2D eigenvalue weighted by Gasteiger charge is -2.29. The quantitative estimate of drug-likeness (QED) is 0.827. The zero-order chi connectivity index (χ0) is 19.3. The van der Waals surface area contributed by atoms with E-state index in [4.69, 9.17) is 4.74 Å². The van der Waals surface area contributed by atoms with Crippen molar-refractivity contribution in [2.24, 2.45) is 0 Å². The van der Waals surface area contributed by atoms with E-state index < -0.39 is 5.60 Å². The molecule has 1 unspecified atom stereocenters. The minimum Gasteiger partial charge on any atom is -0.491 e. The lowest BCUT2D eigenvalue weighted by Crippen LogP contribution is -2.43. The number of hydrogen-bond donors (Lipinski definition) is 1. The fourth-order valence-electron chi connectivity index (χ4n) is 4.11. The van der Waals surface area contributed by atoms with Crippen LogP contribution in [0.5, 0.6) is 5.75 Å². The molecule has 1 aliphatic carbocycles. The number of aliphatic hydroxyl groups is 1. The number of ether oxygens (including phenoxy) is 1. The Hall–Kier alpha value is -1.66. The number of carbonyl (C=O) groups excluding carboxylic acids is 1. The first-order chi connectivity index (χ1) is 13.0. The van der Waals surface area contributed by atoms with Gasteiger partial charge in [0.05, 0.1) is 6.54 Å². The van der Waals surface area contributed by atoms with Crippen LogP contribution in [0.4, 0.5) is 4.39 Å². The van der Waals surface area contributed by atoms with Crippen molar-refractivity contribution in [3.05, 3.63) is 30.1 Å². The number of nitrogens with zero attached hydrogens (tertiary/aromatic N) is 2. The van der Waals surface area contributed by atoms with Gasteiger partial charge in [0, 0.05) is 19.1 Å². The van der Waals surface area contributed by atoms with Crippen molar-refractivity contribution < 1.29 is 19.0 Å². The molecule has 150 valence electrons. The van der Waals surface area contributed by atoms with Crippen molar-refractivity contribution in [3.8, 4) is 5.75 Å². The van der Waals surface area contributed by atoms with Crippen LogP contribution in [-0.4, -0.2) is 65.7 Å². The van der Waals surface area contributed by atoms with Crippen molar-refractivity contribution in [3.63, 3.8) is 0 Å². The molecular formula is C21H31FN2O3. The number of likely N-dealkylation sites (N-methyl/N-ethyl adjacent to an activating group) is 1. The standard InChI is InChI=1S/C21H31FN2O3/c1-23(18-5-2-3-6-18)15-20(25)24-13-4-11-21(26,12-14-24)16-27-19-9-7-17(22)8-10-19/h7-10,18,26H,2-6,11-16H2,1H3. The lowest BCUT2D eigenvalue weighted by molar-refractivity contribution is -0.132. The first-order valence-electron chi connectivity index (χ1n) is 10.0. The zero-order valence-corrected chi connectivity index (χ0v) is 16.2. The highest BCUT2D eigenvalue weighted by Gasteiger charge is 2.33. The molecule has 0 radical (unpaired) electrons. The van der Waals surface area contributed by atoms with Crippen LogP contribution in [0.15, 0.2) is 24.3 Å². The molecule has 1 heterocycles. The summed E-state index contributed by atoms with van der Waals surface area (Å²) >= 11 is 0. The molecule has 1 atom stereocenters. The average molecular weight is 378 g/mol. The van der Waals surface area contributed by atoms with Gasteiger partial charge >= 0.3 is 0 Å². The molecule has 2 fully saturated rings. The van der Waals surface area contributed by atoms with E-state index in [0.29, 0.717) is 44.3 Å². The number of benzene rings is 1. The van der Waals surface area contributed by atoms with Crippen molar-refractivity contribution in [2.45, 2.75) is 56.6 Å². The molecule has 1 aliphatic heterocycles. The molecule has 1 saturated carbocycles. The van der Waals surface area contributed by atoms with E-state index >= 15 is 0 Å². The number of carbonyl (C=O) groups is 1. The molecule has 1 aromatic rings. The average Bonchev–Trinajstić information content (AvgIpc) is 3.12. The Balaban J connectivity index is 1.48. The fraction of sp³-hybridized carbons (Fsp3) is 0.667. The van der Waals surface area contributed by atoms with Crippen LogP contribution in [-0.2, 0) is 4.79 Å². The first-order valence-corrected chi connectivity index (χ1v) is 10.0. The van der Waals surface area contributed by atoms with Crippen LogP contribution >= 0.6 is 0 Å². The van der Waals surface area contributed by atoms with Gasteiger partial charge in [-0.1, -0.05) is 12.8 Å². The highest BCUT2D eigenvalue weighted by Crippen LogP contribution is 2.25. The second-order valence-corrected chi connectivity index (χ2v) is 8.05. The number of likely N-dealkylation sites (tertiary alicyclic amines) is 1. The first kappa shape index (κ1) is 20.1. The molecule has 5 nitrogen and oxygen atoms in total. The number of hydrogen-bond acceptors (Lipinski definition) is 4. The van der Waals surface area contributed by atoms with E-state index in [1.165, 1.54) is 37.8 Å². The van der Waals surface area contributed by atoms with Gasteiger partial charge in [-0.3, -0.25) is 9.69 Å². The summed E-state index contributed by atoms with van der Waals surface area (Å²) in [6, 6.07) is 6.33. The summed E-state index contributed by atoms with van der Waals surface area (Å²) < 4.78 is 18.6. The van der Waals surface area contributed by atoms with Gasteiger partial charge in [0.2, 0.25) is 5.91 Å². The minimum atomic E-state index is -0.958. The lowest BCUT2D eigenvalue weighted by atomic mass is 9.96. The Labute approximate surface area is 161 Å². The van der Waals surface area contributed by atoms with Gasteiger partial charge in [-0.2, -0.15) is 0 Å². The van der Waals surface area contributed by atoms with Crippen LogP contribution in [0.1, 0.15) is 44.9 Å². The third-order valence-corrected chi connectivity index (χ3v) is 5.92. The van der Waals surface area contributed by atoms with Gasteiger partial charge in [-0.05, 0) is 63.4 Å². The third kappa shape index (κ3) is 5.66. The topological polar surface area (TPSA) is 53.0 Å². The molecule has 3 rings (SSSR count). The minimum absolute atomic E-state index is 0.146. The van der Waals surface area contributed by atoms with Gasteiger partial charge in [-0.25, -0.2) is 4.39 Å². The van der Waals surface area contributed by atoms with Crippen molar-refractivity contribution in [2.75, 3.05) is 33.3 Å². The molecule has 0 aromatic heterocycles. The summed E-state index contributed by atoms with van der Waals surface area (Å²) in [5.41, 5.74) is -0.958. The molecule has 1 saturated heterocycles. The summed E-state index contributed by atoms with van der Waals surface area (Å²) in [6.45, 7) is 1.83. The molecule has 1 amide bonds. The third-order valence-electron chi connectivity index (χ3n) is 5.92. The molecule has 0 bridgehead atoms. The molecule has 1 aromatic carbocycles. The van der Waals surface area contributed by atoms with Gasteiger partial charge in [0.1, 0.15) is 23.8 Å². The number of rotatable bonds is 6. The second kappa shape index (κ2) is 9.02. The Bertz CT molecular complexity index is 618. The molecular weight excluding hydrogens is 347 g/mol. The molecule has 1 N–H and O–H groups in total. The molecule has 6 heteroatoms. The summed E-state index contributed by atoms with van der Waals surface area (Å²) in [4.78, 5) is 16.7. The predicted molar refractivity (Wildman–Crippen MR) is 102 cm³/mol. The molecule has 27 heavy (non-hydrogen) atoms. The number of halogens is 1. The van der Waals surface area contributed by atoms with Crippen LogP contribution in [0.25, 0.3) is 0 Å². The maximum absolute atomic E-state index is 13.0. The maximum atomic E-state index is 13.0. The van der Waals surface area contributed by atoms with Crippen LogP contribution < -0.4 is 4.74 Å².